The molecule has 0 radical (unpaired) electrons. The number of para-hydroxylation sites is 2. The second-order valence-corrected chi connectivity index (χ2v) is 7.50. The quantitative estimate of drug-likeness (QED) is 0.647. The van der Waals surface area contributed by atoms with Crippen LogP contribution in [0.2, 0.25) is 0 Å². The minimum Gasteiger partial charge on any atom is -0.497 e. The number of fused-ring (bicyclic) bond motifs is 1. The van der Waals surface area contributed by atoms with Gasteiger partial charge in [-0.3, -0.25) is 4.79 Å². The number of rotatable bonds is 6. The molecule has 0 saturated heterocycles. The summed E-state index contributed by atoms with van der Waals surface area (Å²) in [6.45, 7) is 4.30. The number of aliphatic carboxylic acids is 1. The zero-order chi connectivity index (χ0) is 22.2. The number of benzene rings is 2. The van der Waals surface area contributed by atoms with Crippen LogP contribution in [-0.4, -0.2) is 34.8 Å². The molecule has 3 aromatic rings. The highest BCUT2D eigenvalue weighted by Gasteiger charge is 2.48. The van der Waals surface area contributed by atoms with E-state index in [4.69, 9.17) is 14.5 Å². The molecule has 1 aliphatic rings. The molecular formula is C25H24N2O4. The maximum Gasteiger partial charge on any atom is 0.319 e. The molecule has 0 aliphatic heterocycles. The van der Waals surface area contributed by atoms with Gasteiger partial charge in [0.1, 0.15) is 22.7 Å². The van der Waals surface area contributed by atoms with E-state index < -0.39 is 17.3 Å². The van der Waals surface area contributed by atoms with Gasteiger partial charge in [-0.2, -0.15) is 0 Å². The number of carboxylic acid groups (broad SMARTS) is 1. The maximum atomic E-state index is 12.8. The van der Waals surface area contributed by atoms with E-state index in [0.29, 0.717) is 28.5 Å². The Hall–Kier alpha value is -3.80. The minimum absolute atomic E-state index is 0.579. The third kappa shape index (κ3) is 3.20. The SMILES string of the molecule is C=C(c1nc2ccccc2n1C)C1C=C(OC)C=CC1(C(=O)O)c1ccc(OC)cc1. The molecule has 1 aliphatic carbocycles. The van der Waals surface area contributed by atoms with Gasteiger partial charge in [-0.25, -0.2) is 4.98 Å². The number of allylic oxidation sites excluding steroid dienone is 3. The van der Waals surface area contributed by atoms with Crippen molar-refractivity contribution in [2.24, 2.45) is 13.0 Å². The van der Waals surface area contributed by atoms with Crippen molar-refractivity contribution in [2.45, 2.75) is 5.41 Å². The molecule has 31 heavy (non-hydrogen) atoms. The third-order valence-electron chi connectivity index (χ3n) is 5.94. The van der Waals surface area contributed by atoms with Gasteiger partial charge in [-0.1, -0.05) is 36.9 Å². The maximum absolute atomic E-state index is 12.8. The number of carboxylic acids is 1. The topological polar surface area (TPSA) is 73.6 Å². The summed E-state index contributed by atoms with van der Waals surface area (Å²) in [5.74, 6) is 0.268. The van der Waals surface area contributed by atoms with E-state index in [1.165, 1.54) is 0 Å². The van der Waals surface area contributed by atoms with Gasteiger partial charge < -0.3 is 19.1 Å². The monoisotopic (exact) mass is 416 g/mol. The molecule has 1 N–H and O–H groups in total. The molecule has 4 rings (SSSR count). The lowest BCUT2D eigenvalue weighted by molar-refractivity contribution is -0.142. The molecule has 1 heterocycles. The van der Waals surface area contributed by atoms with Crippen molar-refractivity contribution in [1.82, 2.24) is 9.55 Å². The summed E-state index contributed by atoms with van der Waals surface area (Å²) >= 11 is 0. The second-order valence-electron chi connectivity index (χ2n) is 7.50. The Balaban J connectivity index is 1.90. The third-order valence-corrected chi connectivity index (χ3v) is 5.94. The van der Waals surface area contributed by atoms with Crippen LogP contribution in [0.5, 0.6) is 5.75 Å². The number of nitrogens with zero attached hydrogens (tertiary/aromatic N) is 2. The number of hydrogen-bond acceptors (Lipinski definition) is 4. The van der Waals surface area contributed by atoms with Crippen LogP contribution >= 0.6 is 0 Å². The van der Waals surface area contributed by atoms with Crippen LogP contribution in [0, 0.1) is 5.92 Å². The fraction of sp³-hybridized carbons (Fsp3) is 0.200. The first kappa shape index (κ1) is 20.5. The molecule has 6 heteroatoms. The largest absolute Gasteiger partial charge is 0.497 e. The number of aromatic nitrogens is 2. The summed E-state index contributed by atoms with van der Waals surface area (Å²) in [5, 5.41) is 10.5. The Morgan fingerprint density at radius 3 is 2.45 bits per heavy atom. The fourth-order valence-electron chi connectivity index (χ4n) is 4.22. The Bertz CT molecular complexity index is 1220. The van der Waals surface area contributed by atoms with Crippen molar-refractivity contribution in [1.29, 1.82) is 0 Å². The van der Waals surface area contributed by atoms with Crippen molar-refractivity contribution in [3.8, 4) is 5.75 Å². The lowest BCUT2D eigenvalue weighted by atomic mass is 9.65. The molecule has 0 saturated carbocycles. The van der Waals surface area contributed by atoms with Gasteiger partial charge in [0.2, 0.25) is 0 Å². The van der Waals surface area contributed by atoms with E-state index in [-0.39, 0.29) is 0 Å². The van der Waals surface area contributed by atoms with Crippen LogP contribution in [-0.2, 0) is 22.0 Å². The summed E-state index contributed by atoms with van der Waals surface area (Å²) in [6.07, 6.45) is 5.17. The van der Waals surface area contributed by atoms with Gasteiger partial charge in [0.15, 0.2) is 0 Å². The number of methoxy groups -OCH3 is 2. The first-order chi connectivity index (χ1) is 14.9. The zero-order valence-electron chi connectivity index (χ0n) is 17.7. The zero-order valence-corrected chi connectivity index (χ0v) is 17.7. The van der Waals surface area contributed by atoms with E-state index >= 15 is 0 Å². The average molecular weight is 416 g/mol. The fourth-order valence-corrected chi connectivity index (χ4v) is 4.22. The molecule has 0 bridgehead atoms. The first-order valence-corrected chi connectivity index (χ1v) is 9.86. The number of ether oxygens (including phenoxy) is 2. The summed E-state index contributed by atoms with van der Waals surface area (Å²) in [7, 11) is 5.05. The highest BCUT2D eigenvalue weighted by Crippen LogP contribution is 2.46. The van der Waals surface area contributed by atoms with Gasteiger partial charge in [0.25, 0.3) is 0 Å². The van der Waals surface area contributed by atoms with Crippen molar-refractivity contribution in [3.05, 3.63) is 90.5 Å². The van der Waals surface area contributed by atoms with Crippen molar-refractivity contribution in [2.75, 3.05) is 14.2 Å². The Kier molecular flexibility index (Phi) is 5.15. The summed E-state index contributed by atoms with van der Waals surface area (Å²) < 4.78 is 12.6. The Morgan fingerprint density at radius 1 is 1.13 bits per heavy atom. The van der Waals surface area contributed by atoms with E-state index in [0.717, 1.165) is 11.0 Å². The van der Waals surface area contributed by atoms with Gasteiger partial charge in [0.05, 0.1) is 25.3 Å². The molecule has 6 nitrogen and oxygen atoms in total. The van der Waals surface area contributed by atoms with Gasteiger partial charge in [-0.05, 0) is 47.6 Å². The molecule has 158 valence electrons. The van der Waals surface area contributed by atoms with Gasteiger partial charge in [-0.15, -0.1) is 0 Å². The lowest BCUT2D eigenvalue weighted by Gasteiger charge is -2.37. The molecule has 2 aromatic carbocycles. The van der Waals surface area contributed by atoms with Crippen molar-refractivity contribution < 1.29 is 19.4 Å². The Morgan fingerprint density at radius 2 is 1.84 bits per heavy atom. The predicted octanol–water partition coefficient (Wildman–Crippen LogP) is 4.33. The van der Waals surface area contributed by atoms with E-state index in [9.17, 15) is 9.90 Å². The lowest BCUT2D eigenvalue weighted by Crippen LogP contribution is -2.43. The van der Waals surface area contributed by atoms with Crippen LogP contribution in [0.1, 0.15) is 11.4 Å². The van der Waals surface area contributed by atoms with Gasteiger partial charge in [0, 0.05) is 13.0 Å². The van der Waals surface area contributed by atoms with Crippen LogP contribution < -0.4 is 4.74 Å². The number of imidazole rings is 1. The van der Waals surface area contributed by atoms with E-state index in [1.807, 2.05) is 35.9 Å². The van der Waals surface area contributed by atoms with Gasteiger partial charge >= 0.3 is 5.97 Å². The summed E-state index contributed by atoms with van der Waals surface area (Å²) in [4.78, 5) is 17.5. The minimum atomic E-state index is -1.37. The first-order valence-electron chi connectivity index (χ1n) is 9.86. The van der Waals surface area contributed by atoms with Crippen molar-refractivity contribution in [3.63, 3.8) is 0 Å². The molecule has 2 atom stereocenters. The predicted molar refractivity (Wildman–Crippen MR) is 120 cm³/mol. The van der Waals surface area contributed by atoms with Crippen molar-refractivity contribution >= 4 is 22.6 Å². The highest BCUT2D eigenvalue weighted by molar-refractivity contribution is 5.90. The molecule has 0 spiro atoms. The Labute approximate surface area is 180 Å². The normalized spacial score (nSPS) is 20.4. The van der Waals surface area contributed by atoms with Crippen LogP contribution in [0.25, 0.3) is 16.6 Å². The number of aryl methyl sites for hydroxylation is 1. The van der Waals surface area contributed by atoms with E-state index in [1.54, 1.807) is 56.7 Å². The number of hydrogen-bond donors (Lipinski definition) is 1. The molecule has 0 fully saturated rings. The number of carbonyl (C=O) groups is 1. The molecule has 0 amide bonds. The molecule has 1 aromatic heterocycles. The molecular weight excluding hydrogens is 392 g/mol. The standard InChI is InChI=1S/C25H24N2O4/c1-16(23-26-21-7-5-6-8-22(21)27(23)2)20-15-19(31-4)13-14-25(20,24(28)29)17-9-11-18(30-3)12-10-17/h5-15,20H,1H2,2-4H3,(H,28,29). The smallest absolute Gasteiger partial charge is 0.319 e. The average Bonchev–Trinajstić information content (AvgIpc) is 3.14. The summed E-state index contributed by atoms with van der Waals surface area (Å²) in [5.41, 5.74) is 1.62. The molecule has 2 unspecified atom stereocenters. The highest BCUT2D eigenvalue weighted by atomic mass is 16.5. The van der Waals surface area contributed by atoms with E-state index in [2.05, 4.69) is 6.58 Å². The van der Waals surface area contributed by atoms with Crippen LogP contribution in [0.15, 0.2) is 79.1 Å². The van der Waals surface area contributed by atoms with Crippen LogP contribution in [0.4, 0.5) is 0 Å². The van der Waals surface area contributed by atoms with Crippen LogP contribution in [0.3, 0.4) is 0 Å². The summed E-state index contributed by atoms with van der Waals surface area (Å²) in [6, 6.07) is 14.9. The second kappa shape index (κ2) is 7.80.